The van der Waals surface area contributed by atoms with Gasteiger partial charge in [0.25, 0.3) is 0 Å². The van der Waals surface area contributed by atoms with Crippen LogP contribution in [0.2, 0.25) is 0 Å². The number of hydrogen-bond acceptors (Lipinski definition) is 2. The monoisotopic (exact) mass is 233 g/mol. The number of aromatic nitrogens is 2. The van der Waals surface area contributed by atoms with Gasteiger partial charge >= 0.3 is 0 Å². The molecule has 0 radical (unpaired) electrons. The predicted octanol–water partition coefficient (Wildman–Crippen LogP) is 2.73. The van der Waals surface area contributed by atoms with Crippen molar-refractivity contribution in [2.45, 2.75) is 51.6 Å². The van der Waals surface area contributed by atoms with E-state index in [1.807, 2.05) is 12.5 Å². The third-order valence-electron chi connectivity index (χ3n) is 4.88. The van der Waals surface area contributed by atoms with Crippen LogP contribution in [0.5, 0.6) is 0 Å². The molecule has 2 aliphatic carbocycles. The van der Waals surface area contributed by atoms with E-state index in [-0.39, 0.29) is 6.04 Å². The summed E-state index contributed by atoms with van der Waals surface area (Å²) in [5.74, 6) is 2.88. The van der Waals surface area contributed by atoms with Crippen LogP contribution in [0.4, 0.5) is 0 Å². The van der Waals surface area contributed by atoms with Crippen LogP contribution in [0.1, 0.15) is 50.8 Å². The Labute approximate surface area is 103 Å². The Morgan fingerprint density at radius 1 is 1.47 bits per heavy atom. The third-order valence-corrected chi connectivity index (χ3v) is 4.88. The van der Waals surface area contributed by atoms with Gasteiger partial charge < -0.3 is 10.3 Å². The molecule has 0 saturated heterocycles. The Kier molecular flexibility index (Phi) is 2.95. The van der Waals surface area contributed by atoms with Gasteiger partial charge in [-0.1, -0.05) is 13.3 Å². The average molecular weight is 233 g/mol. The SMILES string of the molecule is CC[C@@H](N)c1cncn1CC1CC2CCC1C2. The van der Waals surface area contributed by atoms with Gasteiger partial charge in [0, 0.05) is 18.8 Å². The molecule has 2 aliphatic rings. The fourth-order valence-corrected chi connectivity index (χ4v) is 3.85. The summed E-state index contributed by atoms with van der Waals surface area (Å²) in [6, 6.07) is 0.149. The molecule has 17 heavy (non-hydrogen) atoms. The van der Waals surface area contributed by atoms with Gasteiger partial charge in [0.05, 0.1) is 12.0 Å². The van der Waals surface area contributed by atoms with E-state index in [1.165, 1.54) is 31.4 Å². The quantitative estimate of drug-likeness (QED) is 0.869. The van der Waals surface area contributed by atoms with Crippen molar-refractivity contribution in [1.29, 1.82) is 0 Å². The fraction of sp³-hybridized carbons (Fsp3) is 0.786. The highest BCUT2D eigenvalue weighted by Crippen LogP contribution is 2.48. The minimum absolute atomic E-state index is 0.149. The first-order valence-electron chi connectivity index (χ1n) is 7.03. The van der Waals surface area contributed by atoms with E-state index >= 15 is 0 Å². The molecule has 3 unspecified atom stereocenters. The highest BCUT2D eigenvalue weighted by molar-refractivity contribution is 5.05. The number of nitrogens with two attached hydrogens (primary N) is 1. The zero-order chi connectivity index (χ0) is 11.8. The van der Waals surface area contributed by atoms with Gasteiger partial charge in [-0.3, -0.25) is 0 Å². The number of nitrogens with zero attached hydrogens (tertiary/aromatic N) is 2. The van der Waals surface area contributed by atoms with Gasteiger partial charge in [-0.2, -0.15) is 0 Å². The van der Waals surface area contributed by atoms with Crippen LogP contribution in [0.3, 0.4) is 0 Å². The number of hydrogen-bond donors (Lipinski definition) is 1. The lowest BCUT2D eigenvalue weighted by Gasteiger charge is -2.23. The minimum atomic E-state index is 0.149. The van der Waals surface area contributed by atoms with Crippen molar-refractivity contribution in [2.75, 3.05) is 0 Å². The van der Waals surface area contributed by atoms with E-state index in [0.717, 1.165) is 30.7 Å². The summed E-state index contributed by atoms with van der Waals surface area (Å²) in [5, 5.41) is 0. The highest BCUT2D eigenvalue weighted by Gasteiger charge is 2.39. The first-order valence-corrected chi connectivity index (χ1v) is 7.03. The molecule has 0 aromatic carbocycles. The maximum atomic E-state index is 6.13. The zero-order valence-corrected chi connectivity index (χ0v) is 10.7. The fourth-order valence-electron chi connectivity index (χ4n) is 3.85. The normalized spacial score (nSPS) is 33.2. The third kappa shape index (κ3) is 2.01. The molecule has 2 fully saturated rings. The second-order valence-electron chi connectivity index (χ2n) is 5.92. The molecule has 0 spiro atoms. The number of imidazole rings is 1. The Balaban J connectivity index is 1.71. The molecule has 3 heteroatoms. The Morgan fingerprint density at radius 2 is 2.35 bits per heavy atom. The highest BCUT2D eigenvalue weighted by atomic mass is 15.1. The molecule has 2 N–H and O–H groups in total. The van der Waals surface area contributed by atoms with Crippen LogP contribution in [-0.2, 0) is 6.54 Å². The molecule has 94 valence electrons. The molecule has 0 aliphatic heterocycles. The molecule has 2 saturated carbocycles. The van der Waals surface area contributed by atoms with Gasteiger partial charge in [-0.15, -0.1) is 0 Å². The van der Waals surface area contributed by atoms with Crippen LogP contribution in [0.15, 0.2) is 12.5 Å². The van der Waals surface area contributed by atoms with Crippen molar-refractivity contribution in [3.63, 3.8) is 0 Å². The second kappa shape index (κ2) is 4.45. The Morgan fingerprint density at radius 3 is 3.00 bits per heavy atom. The molecule has 4 atom stereocenters. The smallest absolute Gasteiger partial charge is 0.0948 e. The van der Waals surface area contributed by atoms with Crippen molar-refractivity contribution in [2.24, 2.45) is 23.5 Å². The average Bonchev–Trinajstić information content (AvgIpc) is 3.03. The molecule has 1 aromatic rings. The lowest BCUT2D eigenvalue weighted by atomic mass is 9.88. The van der Waals surface area contributed by atoms with E-state index in [0.29, 0.717) is 0 Å². The molecule has 3 rings (SSSR count). The number of rotatable bonds is 4. The summed E-state index contributed by atoms with van der Waals surface area (Å²) in [4.78, 5) is 4.28. The second-order valence-corrected chi connectivity index (χ2v) is 5.92. The van der Waals surface area contributed by atoms with Crippen LogP contribution in [0, 0.1) is 17.8 Å². The maximum absolute atomic E-state index is 6.13. The summed E-state index contributed by atoms with van der Waals surface area (Å²) in [6.07, 6.45) is 10.8. The maximum Gasteiger partial charge on any atom is 0.0948 e. The first-order chi connectivity index (χ1) is 8.28. The molecule has 1 heterocycles. The zero-order valence-electron chi connectivity index (χ0n) is 10.7. The Hall–Kier alpha value is -0.830. The number of fused-ring (bicyclic) bond motifs is 2. The molecular weight excluding hydrogens is 210 g/mol. The van der Waals surface area contributed by atoms with E-state index in [2.05, 4.69) is 16.5 Å². The van der Waals surface area contributed by atoms with E-state index < -0.39 is 0 Å². The first kappa shape index (κ1) is 11.3. The summed E-state index contributed by atoms with van der Waals surface area (Å²) in [7, 11) is 0. The summed E-state index contributed by atoms with van der Waals surface area (Å²) >= 11 is 0. The van der Waals surface area contributed by atoms with Crippen LogP contribution in [0.25, 0.3) is 0 Å². The van der Waals surface area contributed by atoms with Crippen LogP contribution >= 0.6 is 0 Å². The van der Waals surface area contributed by atoms with Crippen LogP contribution < -0.4 is 5.73 Å². The summed E-state index contributed by atoms with van der Waals surface area (Å²) < 4.78 is 2.31. The van der Waals surface area contributed by atoms with Gasteiger partial charge in [0.2, 0.25) is 0 Å². The molecular formula is C14H23N3. The van der Waals surface area contributed by atoms with Gasteiger partial charge in [-0.05, 0) is 43.4 Å². The molecule has 2 bridgehead atoms. The molecule has 3 nitrogen and oxygen atoms in total. The van der Waals surface area contributed by atoms with Crippen molar-refractivity contribution in [3.8, 4) is 0 Å². The van der Waals surface area contributed by atoms with Crippen molar-refractivity contribution in [3.05, 3.63) is 18.2 Å². The van der Waals surface area contributed by atoms with Crippen molar-refractivity contribution in [1.82, 2.24) is 9.55 Å². The minimum Gasteiger partial charge on any atom is -0.333 e. The molecule has 0 amide bonds. The molecule has 1 aromatic heterocycles. The standard InChI is InChI=1S/C14H23N3/c1-2-13(15)14-7-16-9-17(14)8-12-6-10-3-4-11(12)5-10/h7,9-13H,2-6,8,15H2,1H3/t10?,11?,12?,13-/m1/s1. The van der Waals surface area contributed by atoms with Crippen LogP contribution in [-0.4, -0.2) is 9.55 Å². The predicted molar refractivity (Wildman–Crippen MR) is 68.4 cm³/mol. The topological polar surface area (TPSA) is 43.8 Å². The lowest BCUT2D eigenvalue weighted by Crippen LogP contribution is -2.21. The van der Waals surface area contributed by atoms with Crippen molar-refractivity contribution < 1.29 is 0 Å². The lowest BCUT2D eigenvalue weighted by molar-refractivity contribution is 0.291. The van der Waals surface area contributed by atoms with Gasteiger partial charge in [0.15, 0.2) is 0 Å². The summed E-state index contributed by atoms with van der Waals surface area (Å²) in [6.45, 7) is 3.28. The largest absolute Gasteiger partial charge is 0.333 e. The van der Waals surface area contributed by atoms with Crippen molar-refractivity contribution >= 4 is 0 Å². The van der Waals surface area contributed by atoms with E-state index in [9.17, 15) is 0 Å². The Bertz CT molecular complexity index is 385. The van der Waals surface area contributed by atoms with Gasteiger partial charge in [-0.25, -0.2) is 4.98 Å². The van der Waals surface area contributed by atoms with E-state index in [1.54, 1.807) is 0 Å². The summed E-state index contributed by atoms with van der Waals surface area (Å²) in [5.41, 5.74) is 7.35. The van der Waals surface area contributed by atoms with E-state index in [4.69, 9.17) is 5.73 Å². The van der Waals surface area contributed by atoms with Gasteiger partial charge in [0.1, 0.15) is 0 Å².